The molecule has 0 aliphatic heterocycles. The monoisotopic (exact) mass is 282 g/mol. The molecule has 1 rings (SSSR count). The summed E-state index contributed by atoms with van der Waals surface area (Å²) >= 11 is 0. The average molecular weight is 282 g/mol. The summed E-state index contributed by atoms with van der Waals surface area (Å²) in [4.78, 5) is 18.0. The van der Waals surface area contributed by atoms with Crippen molar-refractivity contribution in [1.29, 1.82) is 0 Å². The van der Waals surface area contributed by atoms with E-state index in [-0.39, 0.29) is 17.4 Å². The number of aromatic nitrogens is 1. The Bertz CT molecular complexity index is 451. The minimum atomic E-state index is -0.605. The zero-order chi connectivity index (χ0) is 15.1. The SMILES string of the molecule is CCNc1nccc(C(=O)NC(C)CCN(C)C)c1F. The minimum Gasteiger partial charge on any atom is -0.368 e. The Hall–Kier alpha value is -1.69. The van der Waals surface area contributed by atoms with Crippen molar-refractivity contribution in [2.45, 2.75) is 26.3 Å². The Morgan fingerprint density at radius 1 is 1.50 bits per heavy atom. The number of halogens is 1. The zero-order valence-electron chi connectivity index (χ0n) is 12.5. The van der Waals surface area contributed by atoms with Crippen molar-refractivity contribution in [2.24, 2.45) is 0 Å². The molecule has 6 heteroatoms. The normalized spacial score (nSPS) is 12.3. The smallest absolute Gasteiger partial charge is 0.254 e. The summed E-state index contributed by atoms with van der Waals surface area (Å²) in [6.07, 6.45) is 2.24. The van der Waals surface area contributed by atoms with E-state index in [2.05, 4.69) is 15.6 Å². The van der Waals surface area contributed by atoms with Crippen LogP contribution in [0.1, 0.15) is 30.6 Å². The van der Waals surface area contributed by atoms with E-state index in [0.717, 1.165) is 13.0 Å². The second-order valence-electron chi connectivity index (χ2n) is 5.02. The van der Waals surface area contributed by atoms with Gasteiger partial charge < -0.3 is 15.5 Å². The van der Waals surface area contributed by atoms with Gasteiger partial charge in [0.15, 0.2) is 11.6 Å². The van der Waals surface area contributed by atoms with Crippen molar-refractivity contribution in [3.05, 3.63) is 23.6 Å². The fraction of sp³-hybridized carbons (Fsp3) is 0.571. The highest BCUT2D eigenvalue weighted by Gasteiger charge is 2.17. The standard InChI is InChI=1S/C14H23FN4O/c1-5-16-13-12(15)11(6-8-17-13)14(20)18-10(2)7-9-19(3)4/h6,8,10H,5,7,9H2,1-4H3,(H,16,17)(H,18,20). The van der Waals surface area contributed by atoms with E-state index in [1.54, 1.807) is 0 Å². The fourth-order valence-corrected chi connectivity index (χ4v) is 1.74. The van der Waals surface area contributed by atoms with E-state index in [0.29, 0.717) is 6.54 Å². The van der Waals surface area contributed by atoms with Crippen molar-refractivity contribution >= 4 is 11.7 Å². The Morgan fingerprint density at radius 3 is 2.80 bits per heavy atom. The highest BCUT2D eigenvalue weighted by atomic mass is 19.1. The molecule has 2 N–H and O–H groups in total. The maximum Gasteiger partial charge on any atom is 0.254 e. The third-order valence-corrected chi connectivity index (χ3v) is 2.86. The van der Waals surface area contributed by atoms with Gasteiger partial charge in [0.1, 0.15) is 0 Å². The summed E-state index contributed by atoms with van der Waals surface area (Å²) in [5.41, 5.74) is 0.0210. The summed E-state index contributed by atoms with van der Waals surface area (Å²) < 4.78 is 14.1. The van der Waals surface area contributed by atoms with E-state index in [9.17, 15) is 9.18 Å². The van der Waals surface area contributed by atoms with Crippen LogP contribution in [-0.4, -0.2) is 49.0 Å². The number of pyridine rings is 1. The molecule has 0 saturated heterocycles. The number of hydrogen-bond donors (Lipinski definition) is 2. The van der Waals surface area contributed by atoms with E-state index >= 15 is 0 Å². The molecule has 0 saturated carbocycles. The topological polar surface area (TPSA) is 57.3 Å². The third kappa shape index (κ3) is 4.77. The van der Waals surface area contributed by atoms with Crippen molar-refractivity contribution in [3.8, 4) is 0 Å². The molecule has 0 fully saturated rings. The molecule has 1 unspecified atom stereocenters. The predicted molar refractivity (Wildman–Crippen MR) is 78.5 cm³/mol. The Balaban J connectivity index is 2.70. The lowest BCUT2D eigenvalue weighted by atomic mass is 10.2. The van der Waals surface area contributed by atoms with Crippen molar-refractivity contribution in [1.82, 2.24) is 15.2 Å². The molecule has 0 spiro atoms. The van der Waals surface area contributed by atoms with Crippen molar-refractivity contribution < 1.29 is 9.18 Å². The van der Waals surface area contributed by atoms with Gasteiger partial charge in [0.05, 0.1) is 5.56 Å². The fourth-order valence-electron chi connectivity index (χ4n) is 1.74. The number of amides is 1. The Kier molecular flexibility index (Phi) is 6.38. The van der Waals surface area contributed by atoms with Crippen molar-refractivity contribution in [3.63, 3.8) is 0 Å². The first kappa shape index (κ1) is 16.4. The summed E-state index contributed by atoms with van der Waals surface area (Å²) in [6, 6.07) is 1.38. The van der Waals surface area contributed by atoms with Crippen molar-refractivity contribution in [2.75, 3.05) is 32.5 Å². The number of carbonyl (C=O) groups is 1. The van der Waals surface area contributed by atoms with Gasteiger partial charge in [0.25, 0.3) is 5.91 Å². The molecule has 1 heterocycles. The summed E-state index contributed by atoms with van der Waals surface area (Å²) in [5.74, 6) is -0.900. The molecule has 0 bridgehead atoms. The van der Waals surface area contributed by atoms with Crippen LogP contribution in [0.2, 0.25) is 0 Å². The van der Waals surface area contributed by atoms with Crippen LogP contribution in [0.4, 0.5) is 10.2 Å². The number of rotatable bonds is 7. The molecule has 0 aliphatic rings. The van der Waals surface area contributed by atoms with Crippen LogP contribution in [0.5, 0.6) is 0 Å². The molecular weight excluding hydrogens is 259 g/mol. The molecule has 0 radical (unpaired) electrons. The summed E-state index contributed by atoms with van der Waals surface area (Å²) in [5, 5.41) is 5.59. The van der Waals surface area contributed by atoms with Gasteiger partial charge in [-0.3, -0.25) is 4.79 Å². The average Bonchev–Trinajstić information content (AvgIpc) is 2.39. The molecule has 0 aromatic carbocycles. The predicted octanol–water partition coefficient (Wildman–Crippen LogP) is 1.72. The lowest BCUT2D eigenvalue weighted by Gasteiger charge is -2.17. The highest BCUT2D eigenvalue weighted by molar-refractivity contribution is 5.95. The van der Waals surface area contributed by atoms with E-state index in [1.807, 2.05) is 32.8 Å². The number of nitrogens with one attached hydrogen (secondary N) is 2. The molecule has 1 aromatic heterocycles. The molecule has 20 heavy (non-hydrogen) atoms. The van der Waals surface area contributed by atoms with E-state index < -0.39 is 11.7 Å². The first-order chi connectivity index (χ1) is 9.45. The van der Waals surface area contributed by atoms with Gasteiger partial charge in [-0.15, -0.1) is 0 Å². The molecular formula is C14H23FN4O. The van der Waals surface area contributed by atoms with Gasteiger partial charge in [0, 0.05) is 18.8 Å². The van der Waals surface area contributed by atoms with Crippen LogP contribution >= 0.6 is 0 Å². The van der Waals surface area contributed by atoms with Gasteiger partial charge in [-0.1, -0.05) is 0 Å². The molecule has 112 valence electrons. The molecule has 5 nitrogen and oxygen atoms in total. The summed E-state index contributed by atoms with van der Waals surface area (Å²) in [6.45, 7) is 5.17. The van der Waals surface area contributed by atoms with Crippen LogP contribution in [0, 0.1) is 5.82 Å². The maximum absolute atomic E-state index is 14.1. The van der Waals surface area contributed by atoms with Gasteiger partial charge in [0.2, 0.25) is 0 Å². The second-order valence-corrected chi connectivity index (χ2v) is 5.02. The third-order valence-electron chi connectivity index (χ3n) is 2.86. The van der Waals surface area contributed by atoms with Crippen LogP contribution in [0.25, 0.3) is 0 Å². The maximum atomic E-state index is 14.1. The number of anilines is 1. The van der Waals surface area contributed by atoms with Crippen LogP contribution in [0.15, 0.2) is 12.3 Å². The first-order valence-electron chi connectivity index (χ1n) is 6.79. The number of nitrogens with zero attached hydrogens (tertiary/aromatic N) is 2. The Labute approximate surface area is 119 Å². The van der Waals surface area contributed by atoms with E-state index in [1.165, 1.54) is 12.3 Å². The molecule has 1 amide bonds. The van der Waals surface area contributed by atoms with E-state index in [4.69, 9.17) is 0 Å². The highest BCUT2D eigenvalue weighted by Crippen LogP contribution is 2.15. The Morgan fingerprint density at radius 2 is 2.20 bits per heavy atom. The first-order valence-corrected chi connectivity index (χ1v) is 6.79. The second kappa shape index (κ2) is 7.79. The van der Waals surface area contributed by atoms with Gasteiger partial charge in [-0.2, -0.15) is 0 Å². The molecule has 1 atom stereocenters. The quantitative estimate of drug-likeness (QED) is 0.799. The van der Waals surface area contributed by atoms with Crippen LogP contribution in [-0.2, 0) is 0 Å². The number of carbonyl (C=O) groups excluding carboxylic acids is 1. The van der Waals surface area contributed by atoms with Gasteiger partial charge in [-0.25, -0.2) is 9.37 Å². The largest absolute Gasteiger partial charge is 0.368 e. The minimum absolute atomic E-state index is 0.0138. The molecule has 1 aromatic rings. The van der Waals surface area contributed by atoms with Gasteiger partial charge >= 0.3 is 0 Å². The lowest BCUT2D eigenvalue weighted by molar-refractivity contribution is 0.0932. The number of hydrogen-bond acceptors (Lipinski definition) is 4. The van der Waals surface area contributed by atoms with Gasteiger partial charge in [-0.05, 0) is 47.0 Å². The summed E-state index contributed by atoms with van der Waals surface area (Å²) in [7, 11) is 3.94. The van der Waals surface area contributed by atoms with Crippen LogP contribution < -0.4 is 10.6 Å². The van der Waals surface area contributed by atoms with Crippen LogP contribution in [0.3, 0.4) is 0 Å². The lowest BCUT2D eigenvalue weighted by Crippen LogP contribution is -2.35. The molecule has 0 aliphatic carbocycles. The zero-order valence-corrected chi connectivity index (χ0v) is 12.5.